The third-order valence-electron chi connectivity index (χ3n) is 8.28. The topological polar surface area (TPSA) is 116 Å². The van der Waals surface area contributed by atoms with E-state index in [2.05, 4.69) is 22.5 Å². The van der Waals surface area contributed by atoms with Crippen LogP contribution in [0.1, 0.15) is 66.7 Å². The van der Waals surface area contributed by atoms with E-state index in [4.69, 9.17) is 0 Å². The highest BCUT2D eigenvalue weighted by Crippen LogP contribution is 2.48. The number of carbonyl (C=O) groups is 2. The minimum atomic E-state index is -3.33. The number of benzene rings is 1. The van der Waals surface area contributed by atoms with Crippen LogP contribution < -0.4 is 10.6 Å². The third-order valence-corrected chi connectivity index (χ3v) is 10.5. The Morgan fingerprint density at radius 1 is 1.20 bits per heavy atom. The number of hydrogen-bond donors (Lipinski definition) is 3. The molecule has 3 rings (SSSR count). The van der Waals surface area contributed by atoms with E-state index in [1.807, 2.05) is 51.1 Å². The van der Waals surface area contributed by atoms with Gasteiger partial charge in [0.15, 0.2) is 0 Å². The predicted molar refractivity (Wildman–Crippen MR) is 162 cm³/mol. The molecule has 1 aromatic carbocycles. The highest BCUT2D eigenvalue weighted by molar-refractivity contribution is 7.99. The van der Waals surface area contributed by atoms with Gasteiger partial charge in [0.05, 0.1) is 23.9 Å². The van der Waals surface area contributed by atoms with Gasteiger partial charge in [-0.25, -0.2) is 8.42 Å². The van der Waals surface area contributed by atoms with E-state index in [-0.39, 0.29) is 35.2 Å². The lowest BCUT2D eigenvalue weighted by Gasteiger charge is -2.52. The van der Waals surface area contributed by atoms with E-state index < -0.39 is 33.8 Å². The first-order chi connectivity index (χ1) is 18.6. The summed E-state index contributed by atoms with van der Waals surface area (Å²) in [5, 5.41) is 17.7. The maximum Gasteiger partial charge on any atom is 0.237 e. The van der Waals surface area contributed by atoms with Gasteiger partial charge >= 0.3 is 0 Å². The second-order valence-electron chi connectivity index (χ2n) is 13.3. The quantitative estimate of drug-likeness (QED) is 0.336. The largest absolute Gasteiger partial charge is 0.390 e. The van der Waals surface area contributed by atoms with Crippen LogP contribution in [0, 0.1) is 17.3 Å². The van der Waals surface area contributed by atoms with Crippen molar-refractivity contribution in [3.63, 3.8) is 0 Å². The van der Waals surface area contributed by atoms with Crippen LogP contribution in [-0.2, 0) is 19.4 Å². The van der Waals surface area contributed by atoms with Crippen molar-refractivity contribution in [3.8, 4) is 0 Å². The lowest BCUT2D eigenvalue weighted by Crippen LogP contribution is -2.62. The van der Waals surface area contributed by atoms with Crippen molar-refractivity contribution in [2.45, 2.75) is 95.3 Å². The van der Waals surface area contributed by atoms with Crippen LogP contribution in [0.15, 0.2) is 35.2 Å². The number of carbonyl (C=O) groups excluding carboxylic acids is 2. The van der Waals surface area contributed by atoms with E-state index in [0.29, 0.717) is 11.7 Å². The molecule has 2 fully saturated rings. The highest BCUT2D eigenvalue weighted by atomic mass is 32.2. The Morgan fingerprint density at radius 3 is 2.50 bits per heavy atom. The number of nitrogens with zero attached hydrogens (tertiary/aromatic N) is 1. The van der Waals surface area contributed by atoms with Crippen LogP contribution in [0.25, 0.3) is 0 Å². The molecule has 1 aromatic rings. The van der Waals surface area contributed by atoms with Crippen molar-refractivity contribution in [2.24, 2.45) is 17.3 Å². The van der Waals surface area contributed by atoms with Gasteiger partial charge in [0.1, 0.15) is 9.84 Å². The average Bonchev–Trinajstić information content (AvgIpc) is 2.84. The maximum atomic E-state index is 13.5. The second kappa shape index (κ2) is 13.6. The lowest BCUT2D eigenvalue weighted by atomic mass is 9.62. The Kier molecular flexibility index (Phi) is 11.2. The summed E-state index contributed by atoms with van der Waals surface area (Å²) in [6.07, 6.45) is 5.50. The van der Waals surface area contributed by atoms with Crippen LogP contribution in [-0.4, -0.2) is 84.8 Å². The van der Waals surface area contributed by atoms with Crippen molar-refractivity contribution in [3.05, 3.63) is 30.3 Å². The van der Waals surface area contributed by atoms with Crippen LogP contribution in [0.2, 0.25) is 0 Å². The first kappa shape index (κ1) is 32.9. The van der Waals surface area contributed by atoms with Gasteiger partial charge < -0.3 is 15.7 Å². The van der Waals surface area contributed by atoms with Crippen LogP contribution in [0.3, 0.4) is 0 Å². The lowest BCUT2D eigenvalue weighted by molar-refractivity contribution is -0.136. The molecule has 1 aliphatic heterocycles. The Balaban J connectivity index is 1.81. The number of fused-ring (bicyclic) bond motifs is 1. The number of likely N-dealkylation sites (tertiary alicyclic amines) is 1. The molecular weight excluding hydrogens is 546 g/mol. The monoisotopic (exact) mass is 595 g/mol. The first-order valence-electron chi connectivity index (χ1n) is 14.5. The fraction of sp³-hybridized carbons (Fsp3) is 0.733. The molecule has 1 saturated carbocycles. The van der Waals surface area contributed by atoms with Crippen molar-refractivity contribution in [2.75, 3.05) is 30.9 Å². The summed E-state index contributed by atoms with van der Waals surface area (Å²) in [7, 11) is -3.33. The van der Waals surface area contributed by atoms with Crippen molar-refractivity contribution < 1.29 is 23.1 Å². The van der Waals surface area contributed by atoms with Crippen molar-refractivity contribution in [1.82, 2.24) is 15.5 Å². The molecule has 226 valence electrons. The molecule has 8 nitrogen and oxygen atoms in total. The predicted octanol–water partition coefficient (Wildman–Crippen LogP) is 3.49. The Bertz CT molecular complexity index is 1110. The minimum absolute atomic E-state index is 0.0223. The number of amides is 2. The summed E-state index contributed by atoms with van der Waals surface area (Å²) >= 11 is 1.53. The van der Waals surface area contributed by atoms with Crippen molar-refractivity contribution in [1.29, 1.82) is 0 Å². The summed E-state index contributed by atoms with van der Waals surface area (Å²) in [6.45, 7) is 10.8. The van der Waals surface area contributed by atoms with Crippen LogP contribution in [0.5, 0.6) is 0 Å². The van der Waals surface area contributed by atoms with E-state index >= 15 is 0 Å². The van der Waals surface area contributed by atoms with Crippen molar-refractivity contribution >= 4 is 33.4 Å². The Hall–Kier alpha value is -1.62. The molecule has 0 bridgehead atoms. The van der Waals surface area contributed by atoms with Crippen LogP contribution >= 0.6 is 11.8 Å². The fourth-order valence-corrected chi connectivity index (χ4v) is 8.21. The number of rotatable bonds is 11. The fourth-order valence-electron chi connectivity index (χ4n) is 6.12. The summed E-state index contributed by atoms with van der Waals surface area (Å²) in [5.41, 5.74) is -0.276. The van der Waals surface area contributed by atoms with Gasteiger partial charge in [-0.15, -0.1) is 11.8 Å². The zero-order valence-corrected chi connectivity index (χ0v) is 26.6. The standard InChI is InChI=1S/C30H49N3O5S2/c1-21(20-40(6,37)38)27(35)31-24(19-39-23-13-8-7-9-14-23)26(34)18-33-17-22-12-10-11-15-30(22,5)16-25(33)28(36)32-29(2,3)4/h7-9,13-14,21-22,24-26,34H,10-12,15-20H2,1-6H3,(H,31,35)(H,32,36)/t21-,22-,24+,25+,26-,30+/m1/s1. The van der Waals surface area contributed by atoms with E-state index in [0.717, 1.165) is 37.0 Å². The van der Waals surface area contributed by atoms with Gasteiger partial charge in [-0.2, -0.15) is 0 Å². The molecule has 2 amide bonds. The number of piperidine rings is 1. The Morgan fingerprint density at radius 2 is 1.88 bits per heavy atom. The molecule has 1 saturated heterocycles. The summed E-state index contributed by atoms with van der Waals surface area (Å²) in [4.78, 5) is 29.7. The molecule has 0 radical (unpaired) electrons. The van der Waals surface area contributed by atoms with Gasteiger partial charge in [0, 0.05) is 41.5 Å². The number of thioether (sulfide) groups is 1. The summed E-state index contributed by atoms with van der Waals surface area (Å²) < 4.78 is 23.6. The summed E-state index contributed by atoms with van der Waals surface area (Å²) in [5.74, 6) is -0.552. The first-order valence-corrected chi connectivity index (χ1v) is 17.5. The van der Waals surface area contributed by atoms with Gasteiger partial charge in [-0.1, -0.05) is 44.9 Å². The molecule has 0 aromatic heterocycles. The Labute approximate surface area is 245 Å². The normalized spacial score (nSPS) is 26.3. The molecule has 0 spiro atoms. The summed E-state index contributed by atoms with van der Waals surface area (Å²) in [6, 6.07) is 8.78. The third kappa shape index (κ3) is 9.74. The van der Waals surface area contributed by atoms with Crippen LogP contribution in [0.4, 0.5) is 0 Å². The van der Waals surface area contributed by atoms with Gasteiger partial charge in [0.2, 0.25) is 11.8 Å². The maximum absolute atomic E-state index is 13.5. The molecule has 3 N–H and O–H groups in total. The molecular formula is C30H49N3O5S2. The molecule has 2 aliphatic rings. The molecule has 40 heavy (non-hydrogen) atoms. The van der Waals surface area contributed by atoms with Gasteiger partial charge in [0.25, 0.3) is 0 Å². The van der Waals surface area contributed by atoms with E-state index in [1.165, 1.54) is 24.6 Å². The SMILES string of the molecule is C[C@H](CS(C)(=O)=O)C(=O)N[C@@H](CSc1ccccc1)[C@H](O)CN1C[C@H]2CCCC[C@@]2(C)C[C@H]1C(=O)NC(C)(C)C. The second-order valence-corrected chi connectivity index (χ2v) is 16.6. The number of aliphatic hydroxyl groups is 1. The minimum Gasteiger partial charge on any atom is -0.390 e. The number of β-amino-alcohol motifs (C(OH)–C–C–N with tert-alkyl or cyclic N) is 1. The average molecular weight is 596 g/mol. The number of hydrogen-bond acceptors (Lipinski definition) is 7. The molecule has 1 aliphatic carbocycles. The molecule has 6 atom stereocenters. The zero-order valence-electron chi connectivity index (χ0n) is 25.0. The van der Waals surface area contributed by atoms with Gasteiger partial charge in [-0.05, 0) is 63.5 Å². The number of sulfone groups is 1. The zero-order chi connectivity index (χ0) is 29.7. The van der Waals surface area contributed by atoms with Gasteiger partial charge in [-0.3, -0.25) is 14.5 Å². The highest BCUT2D eigenvalue weighted by Gasteiger charge is 2.48. The molecule has 1 heterocycles. The number of aliphatic hydroxyl groups excluding tert-OH is 1. The van der Waals surface area contributed by atoms with E-state index in [1.54, 1.807) is 6.92 Å². The molecule has 10 heteroatoms. The molecule has 0 unspecified atom stereocenters. The number of nitrogens with one attached hydrogen (secondary N) is 2. The smallest absolute Gasteiger partial charge is 0.237 e. The van der Waals surface area contributed by atoms with E-state index in [9.17, 15) is 23.1 Å².